The Bertz CT molecular complexity index is 390. The fourth-order valence-corrected chi connectivity index (χ4v) is 1.97. The number of hydrogen-bond donors (Lipinski definition) is 1. The molecular formula is C15H22BrNO. The van der Waals surface area contributed by atoms with Crippen LogP contribution < -0.4 is 10.1 Å². The van der Waals surface area contributed by atoms with E-state index in [4.69, 9.17) is 4.74 Å². The smallest absolute Gasteiger partial charge is 0.123 e. The molecule has 18 heavy (non-hydrogen) atoms. The first-order valence-corrected chi connectivity index (χ1v) is 7.19. The summed E-state index contributed by atoms with van der Waals surface area (Å²) in [6, 6.07) is 6.14. The molecule has 1 rings (SSSR count). The lowest BCUT2D eigenvalue weighted by molar-refractivity contribution is 0.317. The van der Waals surface area contributed by atoms with Crippen molar-refractivity contribution < 1.29 is 4.74 Å². The number of benzene rings is 1. The van der Waals surface area contributed by atoms with E-state index in [9.17, 15) is 0 Å². The monoisotopic (exact) mass is 311 g/mol. The van der Waals surface area contributed by atoms with Gasteiger partial charge < -0.3 is 10.1 Å². The van der Waals surface area contributed by atoms with Gasteiger partial charge in [-0.3, -0.25) is 0 Å². The van der Waals surface area contributed by atoms with Crippen molar-refractivity contribution in [2.75, 3.05) is 13.2 Å². The molecule has 0 unspecified atom stereocenters. The van der Waals surface area contributed by atoms with Crippen LogP contribution in [0, 0.1) is 0 Å². The molecule has 0 aliphatic carbocycles. The minimum absolute atomic E-state index is 0.692. The van der Waals surface area contributed by atoms with Gasteiger partial charge in [-0.05, 0) is 38.1 Å². The first kappa shape index (κ1) is 15.3. The van der Waals surface area contributed by atoms with Crippen molar-refractivity contribution >= 4 is 15.9 Å². The van der Waals surface area contributed by atoms with Crippen LogP contribution in [0.15, 0.2) is 34.8 Å². The zero-order valence-electron chi connectivity index (χ0n) is 11.3. The maximum atomic E-state index is 5.81. The van der Waals surface area contributed by atoms with Crippen LogP contribution in [-0.4, -0.2) is 13.2 Å². The zero-order chi connectivity index (χ0) is 13.4. The Hall–Kier alpha value is -0.800. The van der Waals surface area contributed by atoms with Gasteiger partial charge in [0.05, 0.1) is 6.61 Å². The summed E-state index contributed by atoms with van der Waals surface area (Å²) in [7, 11) is 0. The lowest BCUT2D eigenvalue weighted by Crippen LogP contribution is -2.15. The zero-order valence-corrected chi connectivity index (χ0v) is 12.8. The van der Waals surface area contributed by atoms with Crippen LogP contribution in [0.1, 0.15) is 32.3 Å². The summed E-state index contributed by atoms with van der Waals surface area (Å²) in [4.78, 5) is 0. The van der Waals surface area contributed by atoms with Crippen molar-refractivity contribution in [2.45, 2.75) is 33.2 Å². The molecule has 0 saturated carbocycles. The van der Waals surface area contributed by atoms with E-state index in [0.29, 0.717) is 6.61 Å². The molecule has 0 saturated heterocycles. The van der Waals surface area contributed by atoms with E-state index in [1.165, 1.54) is 5.56 Å². The maximum absolute atomic E-state index is 5.81. The summed E-state index contributed by atoms with van der Waals surface area (Å²) >= 11 is 3.50. The molecule has 0 amide bonds. The van der Waals surface area contributed by atoms with Crippen LogP contribution >= 0.6 is 15.9 Å². The highest BCUT2D eigenvalue weighted by atomic mass is 79.9. The predicted molar refractivity (Wildman–Crippen MR) is 81.1 cm³/mol. The largest absolute Gasteiger partial charge is 0.493 e. The van der Waals surface area contributed by atoms with E-state index in [1.807, 2.05) is 19.1 Å². The lowest BCUT2D eigenvalue weighted by atomic mass is 10.2. The van der Waals surface area contributed by atoms with Gasteiger partial charge in [0.1, 0.15) is 5.75 Å². The van der Waals surface area contributed by atoms with E-state index < -0.39 is 0 Å². The third kappa shape index (κ3) is 5.69. The number of nitrogens with one attached hydrogen (secondary N) is 1. The summed E-state index contributed by atoms with van der Waals surface area (Å²) in [5.74, 6) is 0.961. The topological polar surface area (TPSA) is 21.3 Å². The Balaban J connectivity index is 2.60. The molecule has 2 nitrogen and oxygen atoms in total. The van der Waals surface area contributed by atoms with E-state index >= 15 is 0 Å². The molecule has 0 heterocycles. The molecule has 0 aliphatic heterocycles. The third-order valence-corrected chi connectivity index (χ3v) is 3.04. The highest BCUT2D eigenvalue weighted by molar-refractivity contribution is 9.10. The Morgan fingerprint density at radius 3 is 2.89 bits per heavy atom. The van der Waals surface area contributed by atoms with Crippen LogP contribution in [0.3, 0.4) is 0 Å². The Morgan fingerprint density at radius 1 is 1.44 bits per heavy atom. The molecule has 0 aromatic heterocycles. The lowest BCUT2D eigenvalue weighted by Gasteiger charge is -2.12. The highest BCUT2D eigenvalue weighted by Crippen LogP contribution is 2.23. The molecular weight excluding hydrogens is 290 g/mol. The van der Waals surface area contributed by atoms with Crippen LogP contribution in [0.4, 0.5) is 0 Å². The van der Waals surface area contributed by atoms with Crippen LogP contribution in [0.5, 0.6) is 5.75 Å². The second-order valence-electron chi connectivity index (χ2n) is 4.48. The molecule has 0 radical (unpaired) electrons. The molecule has 0 spiro atoms. The van der Waals surface area contributed by atoms with E-state index in [-0.39, 0.29) is 0 Å². The molecule has 0 bridgehead atoms. The number of hydrogen-bond acceptors (Lipinski definition) is 2. The maximum Gasteiger partial charge on any atom is 0.123 e. The fourth-order valence-electron chi connectivity index (χ4n) is 1.56. The summed E-state index contributed by atoms with van der Waals surface area (Å²) in [5.41, 5.74) is 2.34. The van der Waals surface area contributed by atoms with Crippen molar-refractivity contribution in [2.24, 2.45) is 0 Å². The minimum Gasteiger partial charge on any atom is -0.493 e. The average molecular weight is 312 g/mol. The molecule has 0 fully saturated rings. The van der Waals surface area contributed by atoms with Crippen molar-refractivity contribution in [3.8, 4) is 5.75 Å². The first-order chi connectivity index (χ1) is 8.63. The van der Waals surface area contributed by atoms with Crippen LogP contribution in [0.25, 0.3) is 0 Å². The fraction of sp³-hybridized carbons (Fsp3) is 0.467. The number of ether oxygens (including phenoxy) is 1. The Labute approximate surface area is 119 Å². The van der Waals surface area contributed by atoms with Gasteiger partial charge in [-0.1, -0.05) is 28.4 Å². The second-order valence-corrected chi connectivity index (χ2v) is 5.40. The normalized spacial score (nSPS) is 10.4. The Kier molecular flexibility index (Phi) is 7.06. The molecule has 1 N–H and O–H groups in total. The quantitative estimate of drug-likeness (QED) is 0.571. The summed E-state index contributed by atoms with van der Waals surface area (Å²) in [6.45, 7) is 10.6. The number of rotatable bonds is 8. The molecule has 100 valence electrons. The van der Waals surface area contributed by atoms with Crippen LogP contribution in [0.2, 0.25) is 0 Å². The summed E-state index contributed by atoms with van der Waals surface area (Å²) in [6.07, 6.45) is 2.04. The van der Waals surface area contributed by atoms with Gasteiger partial charge in [0.15, 0.2) is 0 Å². The summed E-state index contributed by atoms with van der Waals surface area (Å²) < 4.78 is 6.90. The second kappa shape index (κ2) is 8.33. The number of halogens is 1. The van der Waals surface area contributed by atoms with Gasteiger partial charge in [-0.25, -0.2) is 0 Å². The minimum atomic E-state index is 0.692. The molecule has 0 atom stereocenters. The molecule has 3 heteroatoms. The molecule has 1 aromatic rings. The Morgan fingerprint density at radius 2 is 2.22 bits per heavy atom. The van der Waals surface area contributed by atoms with Crippen molar-refractivity contribution in [1.82, 2.24) is 5.32 Å². The van der Waals surface area contributed by atoms with Crippen LogP contribution in [-0.2, 0) is 6.54 Å². The SMILES string of the molecule is C=C(C)CCOc1ccc(Br)cc1CNCCC. The van der Waals surface area contributed by atoms with Gasteiger partial charge in [0.25, 0.3) is 0 Å². The van der Waals surface area contributed by atoms with Crippen molar-refractivity contribution in [3.63, 3.8) is 0 Å². The molecule has 1 aromatic carbocycles. The van der Waals surface area contributed by atoms with Gasteiger partial charge >= 0.3 is 0 Å². The summed E-state index contributed by atoms with van der Waals surface area (Å²) in [5, 5.41) is 3.40. The standard InChI is InChI=1S/C15H22BrNO/c1-4-8-17-11-13-10-14(16)5-6-15(13)18-9-7-12(2)3/h5-6,10,17H,2,4,7-9,11H2,1,3H3. The van der Waals surface area contributed by atoms with E-state index in [0.717, 1.165) is 41.7 Å². The molecule has 0 aliphatic rings. The highest BCUT2D eigenvalue weighted by Gasteiger charge is 2.04. The predicted octanol–water partition coefficient (Wildman–Crippen LogP) is 4.29. The third-order valence-electron chi connectivity index (χ3n) is 2.55. The van der Waals surface area contributed by atoms with E-state index in [1.54, 1.807) is 0 Å². The van der Waals surface area contributed by atoms with E-state index in [2.05, 4.69) is 40.8 Å². The van der Waals surface area contributed by atoms with Gasteiger partial charge in [0, 0.05) is 23.0 Å². The first-order valence-electron chi connectivity index (χ1n) is 6.39. The van der Waals surface area contributed by atoms with Gasteiger partial charge in [0.2, 0.25) is 0 Å². The van der Waals surface area contributed by atoms with Gasteiger partial charge in [-0.15, -0.1) is 6.58 Å². The van der Waals surface area contributed by atoms with Crippen molar-refractivity contribution in [3.05, 3.63) is 40.4 Å². The van der Waals surface area contributed by atoms with Crippen molar-refractivity contribution in [1.29, 1.82) is 0 Å². The van der Waals surface area contributed by atoms with Gasteiger partial charge in [-0.2, -0.15) is 0 Å². The average Bonchev–Trinajstić information content (AvgIpc) is 2.32.